The van der Waals surface area contributed by atoms with Crippen molar-refractivity contribution in [2.24, 2.45) is 0 Å². The fourth-order valence-corrected chi connectivity index (χ4v) is 4.72. The first-order valence-electron chi connectivity index (χ1n) is 8.65. The molecule has 0 spiro atoms. The molecule has 1 saturated heterocycles. The molecule has 25 heavy (non-hydrogen) atoms. The van der Waals surface area contributed by atoms with Gasteiger partial charge in [0.1, 0.15) is 19.3 Å². The summed E-state index contributed by atoms with van der Waals surface area (Å²) in [5, 5.41) is 2.89. The summed E-state index contributed by atoms with van der Waals surface area (Å²) in [4.78, 5) is 12.6. The summed E-state index contributed by atoms with van der Waals surface area (Å²) >= 11 is 0. The fraction of sp³-hybridized carbons (Fsp3) is 0.588. The highest BCUT2D eigenvalue weighted by atomic mass is 32.2. The molecule has 1 aromatic rings. The van der Waals surface area contributed by atoms with Crippen LogP contribution in [0.25, 0.3) is 0 Å². The number of hydrogen-bond acceptors (Lipinski definition) is 5. The molecule has 0 unspecified atom stereocenters. The van der Waals surface area contributed by atoms with E-state index in [1.807, 2.05) is 13.8 Å². The van der Waals surface area contributed by atoms with Crippen LogP contribution in [0.3, 0.4) is 0 Å². The molecular formula is C17H24N2O5S. The van der Waals surface area contributed by atoms with Crippen LogP contribution in [0.2, 0.25) is 0 Å². The van der Waals surface area contributed by atoms with Crippen molar-refractivity contribution in [2.75, 3.05) is 19.8 Å². The van der Waals surface area contributed by atoms with Gasteiger partial charge >= 0.3 is 0 Å². The SMILES string of the molecule is CC[C@@H](C)NC(=O)[C@@H]1CCCN1S(=O)(=O)c1ccc2c(c1)OCCO2. The summed E-state index contributed by atoms with van der Waals surface area (Å²) in [6.07, 6.45) is 2.00. The van der Waals surface area contributed by atoms with Gasteiger partial charge in [-0.1, -0.05) is 6.92 Å². The second kappa shape index (κ2) is 7.21. The van der Waals surface area contributed by atoms with Crippen LogP contribution in [0.1, 0.15) is 33.1 Å². The molecule has 0 aliphatic carbocycles. The largest absolute Gasteiger partial charge is 0.486 e. The Hall–Kier alpha value is -1.80. The second-order valence-electron chi connectivity index (χ2n) is 6.40. The number of hydrogen-bond donors (Lipinski definition) is 1. The monoisotopic (exact) mass is 368 g/mol. The molecule has 2 aliphatic rings. The average Bonchev–Trinajstić information content (AvgIpc) is 3.12. The van der Waals surface area contributed by atoms with E-state index in [1.165, 1.54) is 16.4 Å². The molecule has 7 nitrogen and oxygen atoms in total. The van der Waals surface area contributed by atoms with Crippen molar-refractivity contribution in [3.8, 4) is 11.5 Å². The number of nitrogens with zero attached hydrogens (tertiary/aromatic N) is 1. The summed E-state index contributed by atoms with van der Waals surface area (Å²) in [6.45, 7) is 5.06. The quantitative estimate of drug-likeness (QED) is 0.852. The Bertz CT molecular complexity index is 749. The number of nitrogens with one attached hydrogen (secondary N) is 1. The summed E-state index contributed by atoms with van der Waals surface area (Å²) in [5.74, 6) is 0.734. The predicted octanol–water partition coefficient (Wildman–Crippen LogP) is 1.53. The minimum atomic E-state index is -3.77. The van der Waals surface area contributed by atoms with Gasteiger partial charge in [0.15, 0.2) is 11.5 Å². The van der Waals surface area contributed by atoms with E-state index in [-0.39, 0.29) is 16.8 Å². The van der Waals surface area contributed by atoms with Crippen molar-refractivity contribution in [3.63, 3.8) is 0 Å². The van der Waals surface area contributed by atoms with Gasteiger partial charge in [0.2, 0.25) is 15.9 Å². The van der Waals surface area contributed by atoms with Crippen LogP contribution in [0.5, 0.6) is 11.5 Å². The summed E-state index contributed by atoms with van der Waals surface area (Å²) in [7, 11) is -3.77. The topological polar surface area (TPSA) is 84.9 Å². The van der Waals surface area contributed by atoms with Crippen LogP contribution >= 0.6 is 0 Å². The summed E-state index contributed by atoms with van der Waals surface area (Å²) in [5.41, 5.74) is 0. The van der Waals surface area contributed by atoms with Crippen LogP contribution in [0.15, 0.2) is 23.1 Å². The van der Waals surface area contributed by atoms with Crippen molar-refractivity contribution in [3.05, 3.63) is 18.2 Å². The number of carbonyl (C=O) groups is 1. The van der Waals surface area contributed by atoms with Crippen molar-refractivity contribution >= 4 is 15.9 Å². The van der Waals surface area contributed by atoms with E-state index in [0.29, 0.717) is 44.1 Å². The van der Waals surface area contributed by atoms with E-state index < -0.39 is 16.1 Å². The van der Waals surface area contributed by atoms with E-state index in [4.69, 9.17) is 9.47 Å². The fourth-order valence-electron chi connectivity index (χ4n) is 3.05. The summed E-state index contributed by atoms with van der Waals surface area (Å²) < 4.78 is 38.3. The normalized spacial score (nSPS) is 21.8. The van der Waals surface area contributed by atoms with E-state index in [1.54, 1.807) is 6.07 Å². The van der Waals surface area contributed by atoms with Gasteiger partial charge in [-0.3, -0.25) is 4.79 Å². The lowest BCUT2D eigenvalue weighted by Crippen LogP contribution is -2.48. The van der Waals surface area contributed by atoms with E-state index >= 15 is 0 Å². The minimum absolute atomic E-state index is 0.0203. The minimum Gasteiger partial charge on any atom is -0.486 e. The first kappa shape index (κ1) is 18.0. The zero-order chi connectivity index (χ0) is 18.0. The van der Waals surface area contributed by atoms with Crippen LogP contribution in [0.4, 0.5) is 0 Å². The third kappa shape index (κ3) is 3.59. The number of amides is 1. The smallest absolute Gasteiger partial charge is 0.243 e. The van der Waals surface area contributed by atoms with Crippen molar-refractivity contribution in [1.82, 2.24) is 9.62 Å². The van der Waals surface area contributed by atoms with Gasteiger partial charge in [0.05, 0.1) is 4.90 Å². The lowest BCUT2D eigenvalue weighted by molar-refractivity contribution is -0.124. The number of rotatable bonds is 5. The molecule has 1 fully saturated rings. The van der Waals surface area contributed by atoms with Gasteiger partial charge in [-0.25, -0.2) is 8.42 Å². The molecule has 0 radical (unpaired) electrons. The standard InChI is InChI=1S/C17H24N2O5S/c1-3-12(2)18-17(20)14-5-4-8-19(14)25(21,22)13-6-7-15-16(11-13)24-10-9-23-15/h6-7,11-12,14H,3-5,8-10H2,1-2H3,(H,18,20)/t12-,14+/m1/s1. The van der Waals surface area contributed by atoms with Crippen molar-refractivity contribution in [1.29, 1.82) is 0 Å². The number of carbonyl (C=O) groups excluding carboxylic acids is 1. The average molecular weight is 368 g/mol. The van der Waals surface area contributed by atoms with Crippen LogP contribution in [0, 0.1) is 0 Å². The molecular weight excluding hydrogens is 344 g/mol. The third-order valence-electron chi connectivity index (χ3n) is 4.63. The molecule has 0 saturated carbocycles. The van der Waals surface area contributed by atoms with Crippen LogP contribution < -0.4 is 14.8 Å². The van der Waals surface area contributed by atoms with Crippen molar-refractivity contribution in [2.45, 2.75) is 50.1 Å². The van der Waals surface area contributed by atoms with Gasteiger partial charge in [-0.05, 0) is 38.3 Å². The molecule has 8 heteroatoms. The molecule has 2 aliphatic heterocycles. The molecule has 2 heterocycles. The highest BCUT2D eigenvalue weighted by molar-refractivity contribution is 7.89. The second-order valence-corrected chi connectivity index (χ2v) is 8.29. The first-order valence-corrected chi connectivity index (χ1v) is 10.1. The van der Waals surface area contributed by atoms with Gasteiger partial charge in [0.25, 0.3) is 0 Å². The molecule has 1 aromatic carbocycles. The Morgan fingerprint density at radius 3 is 2.76 bits per heavy atom. The van der Waals surface area contributed by atoms with E-state index in [0.717, 1.165) is 6.42 Å². The first-order chi connectivity index (χ1) is 11.9. The number of sulfonamides is 1. The molecule has 3 rings (SSSR count). The van der Waals surface area contributed by atoms with Crippen LogP contribution in [-0.4, -0.2) is 50.5 Å². The maximum absolute atomic E-state index is 13.0. The van der Waals surface area contributed by atoms with Crippen LogP contribution in [-0.2, 0) is 14.8 Å². The Kier molecular flexibility index (Phi) is 5.19. The van der Waals surface area contributed by atoms with Gasteiger partial charge in [0, 0.05) is 18.7 Å². The predicted molar refractivity (Wildman–Crippen MR) is 92.2 cm³/mol. The molecule has 1 N–H and O–H groups in total. The van der Waals surface area contributed by atoms with Crippen molar-refractivity contribution < 1.29 is 22.7 Å². The van der Waals surface area contributed by atoms with Gasteiger partial charge in [-0.15, -0.1) is 0 Å². The molecule has 1 amide bonds. The third-order valence-corrected chi connectivity index (χ3v) is 6.53. The number of benzene rings is 1. The Balaban J connectivity index is 1.84. The highest BCUT2D eigenvalue weighted by Crippen LogP contribution is 2.34. The molecule has 138 valence electrons. The number of ether oxygens (including phenoxy) is 2. The zero-order valence-electron chi connectivity index (χ0n) is 14.5. The highest BCUT2D eigenvalue weighted by Gasteiger charge is 2.40. The maximum Gasteiger partial charge on any atom is 0.243 e. The van der Waals surface area contributed by atoms with Gasteiger partial charge < -0.3 is 14.8 Å². The Morgan fingerprint density at radius 2 is 2.04 bits per heavy atom. The van der Waals surface area contributed by atoms with E-state index in [2.05, 4.69) is 5.32 Å². The maximum atomic E-state index is 13.0. The molecule has 0 bridgehead atoms. The Labute approximate surface area is 148 Å². The lowest BCUT2D eigenvalue weighted by atomic mass is 10.2. The lowest BCUT2D eigenvalue weighted by Gasteiger charge is -2.25. The van der Waals surface area contributed by atoms with E-state index in [9.17, 15) is 13.2 Å². The van der Waals surface area contributed by atoms with Gasteiger partial charge in [-0.2, -0.15) is 4.31 Å². The zero-order valence-corrected chi connectivity index (χ0v) is 15.3. The molecule has 0 aromatic heterocycles. The Morgan fingerprint density at radius 1 is 1.32 bits per heavy atom. The number of fused-ring (bicyclic) bond motifs is 1. The molecule has 2 atom stereocenters. The summed E-state index contributed by atoms with van der Waals surface area (Å²) in [6, 6.07) is 3.95.